The van der Waals surface area contributed by atoms with Gasteiger partial charge in [0, 0.05) is 43.2 Å². The van der Waals surface area contributed by atoms with Gasteiger partial charge in [0.1, 0.15) is 5.71 Å². The molecule has 0 spiro atoms. The molecule has 7 heteroatoms. The Morgan fingerprint density at radius 2 is 1.55 bits per heavy atom. The van der Waals surface area contributed by atoms with Gasteiger partial charge in [-0.3, -0.25) is 29.6 Å². The predicted molar refractivity (Wildman–Crippen MR) is 161 cm³/mol. The Morgan fingerprint density at radius 1 is 0.775 bits per heavy atom. The molecular weight excluding hydrogens is 496 g/mol. The zero-order valence-corrected chi connectivity index (χ0v) is 23.4. The van der Waals surface area contributed by atoms with Crippen LogP contribution in [-0.2, 0) is 24.3 Å². The number of aromatic nitrogens is 2. The predicted octanol–water partition coefficient (Wildman–Crippen LogP) is 5.49. The van der Waals surface area contributed by atoms with E-state index in [1.807, 2.05) is 24.5 Å². The van der Waals surface area contributed by atoms with E-state index in [0.717, 1.165) is 74.5 Å². The number of amides is 1. The number of fused-ring (bicyclic) bond motifs is 1. The van der Waals surface area contributed by atoms with Gasteiger partial charge in [-0.25, -0.2) is 0 Å². The molecule has 2 aromatic heterocycles. The molecule has 0 aliphatic carbocycles. The van der Waals surface area contributed by atoms with Crippen molar-refractivity contribution in [3.8, 4) is 11.1 Å². The zero-order chi connectivity index (χ0) is 27.1. The van der Waals surface area contributed by atoms with Crippen LogP contribution in [0.4, 0.5) is 5.69 Å². The number of hydrogen-bond donors (Lipinski definition) is 1. The Labute approximate surface area is 237 Å². The van der Waals surface area contributed by atoms with Crippen LogP contribution in [0.1, 0.15) is 67.3 Å². The Kier molecular flexibility index (Phi) is 8.59. The third kappa shape index (κ3) is 6.65. The van der Waals surface area contributed by atoms with Gasteiger partial charge in [0.05, 0.1) is 17.6 Å². The van der Waals surface area contributed by atoms with Crippen LogP contribution in [0.3, 0.4) is 0 Å². The molecule has 3 aliphatic rings. The summed E-state index contributed by atoms with van der Waals surface area (Å²) in [6.07, 6.45) is 15.3. The molecule has 0 saturated carbocycles. The van der Waals surface area contributed by atoms with Crippen molar-refractivity contribution in [1.29, 1.82) is 0 Å². The van der Waals surface area contributed by atoms with Crippen molar-refractivity contribution in [3.63, 3.8) is 0 Å². The summed E-state index contributed by atoms with van der Waals surface area (Å²) >= 11 is 0. The largest absolute Gasteiger partial charge is 0.319 e. The van der Waals surface area contributed by atoms with E-state index in [1.165, 1.54) is 49.7 Å². The van der Waals surface area contributed by atoms with Gasteiger partial charge in [0.15, 0.2) is 0 Å². The van der Waals surface area contributed by atoms with Gasteiger partial charge in [-0.15, -0.1) is 0 Å². The van der Waals surface area contributed by atoms with Crippen LogP contribution in [0.2, 0.25) is 0 Å². The second kappa shape index (κ2) is 12.8. The molecule has 6 rings (SSSR count). The van der Waals surface area contributed by atoms with Crippen LogP contribution >= 0.6 is 0 Å². The monoisotopic (exact) mass is 536 g/mol. The highest BCUT2D eigenvalue weighted by Gasteiger charge is 2.21. The molecule has 208 valence electrons. The maximum absolute atomic E-state index is 13.5. The van der Waals surface area contributed by atoms with Gasteiger partial charge in [-0.05, 0) is 106 Å². The first-order valence-electron chi connectivity index (χ1n) is 15.0. The molecule has 5 heterocycles. The zero-order valence-electron chi connectivity index (χ0n) is 23.4. The van der Waals surface area contributed by atoms with E-state index >= 15 is 0 Å². The highest BCUT2D eigenvalue weighted by molar-refractivity contribution is 6.49. The highest BCUT2D eigenvalue weighted by atomic mass is 16.1. The molecule has 1 aromatic carbocycles. The van der Waals surface area contributed by atoms with E-state index in [2.05, 4.69) is 49.4 Å². The molecule has 40 heavy (non-hydrogen) atoms. The minimum absolute atomic E-state index is 0.178. The van der Waals surface area contributed by atoms with Crippen LogP contribution in [-0.4, -0.2) is 64.1 Å². The summed E-state index contributed by atoms with van der Waals surface area (Å²) < 4.78 is 0. The van der Waals surface area contributed by atoms with Gasteiger partial charge in [-0.1, -0.05) is 25.0 Å². The maximum atomic E-state index is 13.5. The summed E-state index contributed by atoms with van der Waals surface area (Å²) in [6, 6.07) is 12.7. The third-order valence-corrected chi connectivity index (χ3v) is 8.35. The molecule has 0 atom stereocenters. The Bertz CT molecular complexity index is 1340. The van der Waals surface area contributed by atoms with Crippen LogP contribution in [0.5, 0.6) is 0 Å². The number of anilines is 1. The molecule has 2 fully saturated rings. The average molecular weight is 537 g/mol. The molecule has 0 bridgehead atoms. The summed E-state index contributed by atoms with van der Waals surface area (Å²) in [5.74, 6) is -0.178. The number of aryl methyl sites for hydroxylation is 1. The van der Waals surface area contributed by atoms with Crippen molar-refractivity contribution in [2.45, 2.75) is 64.5 Å². The fraction of sp³-hybridized carbons (Fsp3) is 0.455. The summed E-state index contributed by atoms with van der Waals surface area (Å²) in [5, 5.41) is 3.06. The molecule has 0 unspecified atom stereocenters. The number of rotatable bonds is 7. The van der Waals surface area contributed by atoms with Gasteiger partial charge < -0.3 is 5.32 Å². The van der Waals surface area contributed by atoms with Gasteiger partial charge in [-0.2, -0.15) is 0 Å². The summed E-state index contributed by atoms with van der Waals surface area (Å²) in [6.45, 7) is 7.05. The standard InChI is InChI=1S/C33H40N6O/c40-33(37-29-11-12-30(36-22-29)24-39-16-5-2-6-17-39)32-31-19-27(10-9-26(31)8-7-13-35-32)28-18-25(20-34-21-28)23-38-14-3-1-4-15-38/h9-12,18-22H,1-8,13-17,23-24H2,(H,37,40). The third-order valence-electron chi connectivity index (χ3n) is 8.35. The maximum Gasteiger partial charge on any atom is 0.274 e. The van der Waals surface area contributed by atoms with Crippen LogP contribution in [0.15, 0.2) is 60.0 Å². The molecule has 1 amide bonds. The Morgan fingerprint density at radius 3 is 2.30 bits per heavy atom. The average Bonchev–Trinajstić information content (AvgIpc) is 3.22. The topological polar surface area (TPSA) is 73.7 Å². The molecule has 1 N–H and O–H groups in total. The molecular formula is C33H40N6O. The SMILES string of the molecule is O=C(Nc1ccc(CN2CCCCC2)nc1)C1=NCCCc2ccc(-c3cncc(CN4CCCCC4)c3)cc21. The van der Waals surface area contributed by atoms with Gasteiger partial charge >= 0.3 is 0 Å². The number of nitrogens with zero attached hydrogens (tertiary/aromatic N) is 5. The molecule has 3 aliphatic heterocycles. The number of likely N-dealkylation sites (tertiary alicyclic amines) is 2. The second-order valence-electron chi connectivity index (χ2n) is 11.5. The summed E-state index contributed by atoms with van der Waals surface area (Å²) in [4.78, 5) is 32.4. The summed E-state index contributed by atoms with van der Waals surface area (Å²) in [7, 11) is 0. The van der Waals surface area contributed by atoms with E-state index in [0.29, 0.717) is 17.9 Å². The molecule has 3 aromatic rings. The molecule has 2 saturated heterocycles. The smallest absolute Gasteiger partial charge is 0.274 e. The number of nitrogens with one attached hydrogen (secondary N) is 1. The lowest BCUT2D eigenvalue weighted by Gasteiger charge is -2.26. The van der Waals surface area contributed by atoms with E-state index in [9.17, 15) is 4.79 Å². The van der Waals surface area contributed by atoms with E-state index in [-0.39, 0.29) is 5.91 Å². The first-order valence-corrected chi connectivity index (χ1v) is 15.0. The minimum atomic E-state index is -0.178. The van der Waals surface area contributed by atoms with Crippen molar-refractivity contribution in [2.75, 3.05) is 38.0 Å². The highest BCUT2D eigenvalue weighted by Crippen LogP contribution is 2.27. The van der Waals surface area contributed by atoms with Crippen LogP contribution in [0.25, 0.3) is 11.1 Å². The van der Waals surface area contributed by atoms with Crippen molar-refractivity contribution >= 4 is 17.3 Å². The van der Waals surface area contributed by atoms with Gasteiger partial charge in [0.2, 0.25) is 0 Å². The van der Waals surface area contributed by atoms with Crippen molar-refractivity contribution in [2.24, 2.45) is 4.99 Å². The number of benzene rings is 1. The van der Waals surface area contributed by atoms with E-state index in [4.69, 9.17) is 4.99 Å². The fourth-order valence-electron chi connectivity index (χ4n) is 6.17. The Hall–Kier alpha value is -3.42. The first-order chi connectivity index (χ1) is 19.7. The number of carbonyl (C=O) groups excluding carboxylic acids is 1. The Balaban J connectivity index is 1.17. The lowest BCUT2D eigenvalue weighted by Crippen LogP contribution is -2.29. The van der Waals surface area contributed by atoms with E-state index in [1.54, 1.807) is 6.20 Å². The second-order valence-corrected chi connectivity index (χ2v) is 11.5. The lowest BCUT2D eigenvalue weighted by molar-refractivity contribution is -0.110. The van der Waals surface area contributed by atoms with Crippen molar-refractivity contribution < 1.29 is 4.79 Å². The van der Waals surface area contributed by atoms with E-state index < -0.39 is 0 Å². The molecule has 7 nitrogen and oxygen atoms in total. The number of aliphatic imine (C=N–C) groups is 1. The number of hydrogen-bond acceptors (Lipinski definition) is 6. The molecule has 0 radical (unpaired) electrons. The fourth-order valence-corrected chi connectivity index (χ4v) is 6.17. The van der Waals surface area contributed by atoms with Crippen molar-refractivity contribution in [1.82, 2.24) is 19.8 Å². The quantitative estimate of drug-likeness (QED) is 0.432. The van der Waals surface area contributed by atoms with Crippen LogP contribution < -0.4 is 5.32 Å². The minimum Gasteiger partial charge on any atom is -0.319 e. The number of pyridine rings is 2. The number of carbonyl (C=O) groups is 1. The summed E-state index contributed by atoms with van der Waals surface area (Å²) in [5.41, 5.74) is 7.71. The van der Waals surface area contributed by atoms with Crippen molar-refractivity contribution in [3.05, 3.63) is 77.4 Å². The lowest BCUT2D eigenvalue weighted by atomic mass is 9.94. The first kappa shape index (κ1) is 26.8. The number of piperidine rings is 2. The van der Waals surface area contributed by atoms with Crippen LogP contribution in [0, 0.1) is 0 Å². The normalized spacial score (nSPS) is 18.4. The van der Waals surface area contributed by atoms with Gasteiger partial charge in [0.25, 0.3) is 5.91 Å².